The first-order valence-corrected chi connectivity index (χ1v) is 10.7. The highest BCUT2D eigenvalue weighted by atomic mass is 28.4. The predicted molar refractivity (Wildman–Crippen MR) is 87.9 cm³/mol. The summed E-state index contributed by atoms with van der Waals surface area (Å²) in [6, 6.07) is 0. The third kappa shape index (κ3) is 5.10. The maximum absolute atomic E-state index is 12.2. The number of ether oxygens (including phenoxy) is 3. The van der Waals surface area contributed by atoms with E-state index in [9.17, 15) is 4.79 Å². The van der Waals surface area contributed by atoms with Crippen LogP contribution < -0.4 is 0 Å². The van der Waals surface area contributed by atoms with Crippen molar-refractivity contribution in [1.29, 1.82) is 0 Å². The molecule has 6 heteroatoms. The van der Waals surface area contributed by atoms with Gasteiger partial charge in [-0.05, 0) is 45.0 Å². The van der Waals surface area contributed by atoms with Gasteiger partial charge in [0.2, 0.25) is 0 Å². The lowest BCUT2D eigenvalue weighted by Gasteiger charge is -2.36. The molecule has 1 aliphatic rings. The lowest BCUT2D eigenvalue weighted by molar-refractivity contribution is -0.142. The number of esters is 1. The van der Waals surface area contributed by atoms with E-state index >= 15 is 0 Å². The first kappa shape index (κ1) is 19.2. The van der Waals surface area contributed by atoms with E-state index in [0.717, 1.165) is 0 Å². The zero-order valence-corrected chi connectivity index (χ0v) is 16.1. The van der Waals surface area contributed by atoms with Crippen LogP contribution in [-0.4, -0.2) is 39.4 Å². The van der Waals surface area contributed by atoms with E-state index < -0.39 is 20.1 Å². The zero-order chi connectivity index (χ0) is 17.2. The van der Waals surface area contributed by atoms with Gasteiger partial charge in [0.15, 0.2) is 11.5 Å². The Labute approximate surface area is 135 Å². The fourth-order valence-electron chi connectivity index (χ4n) is 1.74. The SMILES string of the molecule is CCOC(=O)/C(=C\[C@H]1COC(C)(C)O1)O[Si](C)(C)C(C)(C)C. The van der Waals surface area contributed by atoms with Gasteiger partial charge in [0.1, 0.15) is 6.10 Å². The first-order chi connectivity index (χ1) is 9.88. The maximum atomic E-state index is 12.2. The van der Waals surface area contributed by atoms with Crippen LogP contribution in [0.3, 0.4) is 0 Å². The minimum absolute atomic E-state index is 0.00904. The molecule has 0 amide bonds. The first-order valence-electron chi connectivity index (χ1n) is 7.78. The molecule has 0 aromatic heterocycles. The van der Waals surface area contributed by atoms with Crippen molar-refractivity contribution in [3.05, 3.63) is 11.8 Å². The summed E-state index contributed by atoms with van der Waals surface area (Å²) in [5.74, 6) is -0.849. The molecule has 0 aliphatic carbocycles. The van der Waals surface area contributed by atoms with Crippen molar-refractivity contribution in [2.45, 2.75) is 71.6 Å². The molecule has 1 aliphatic heterocycles. The van der Waals surface area contributed by atoms with Crippen molar-refractivity contribution in [3.8, 4) is 0 Å². The highest BCUT2D eigenvalue weighted by Gasteiger charge is 2.41. The molecule has 0 saturated carbocycles. The van der Waals surface area contributed by atoms with Gasteiger partial charge in [0.25, 0.3) is 8.32 Å². The number of hydrogen-bond acceptors (Lipinski definition) is 5. The van der Waals surface area contributed by atoms with Crippen LogP contribution >= 0.6 is 0 Å². The average molecular weight is 330 g/mol. The van der Waals surface area contributed by atoms with Crippen molar-refractivity contribution >= 4 is 14.3 Å². The van der Waals surface area contributed by atoms with Gasteiger partial charge in [-0.2, -0.15) is 0 Å². The molecule has 128 valence electrons. The van der Waals surface area contributed by atoms with Gasteiger partial charge in [-0.15, -0.1) is 0 Å². The standard InChI is InChI=1S/C16H30O5Si/c1-9-18-14(17)13(21-22(7,8)15(2,3)4)10-12-11-19-16(5,6)20-12/h10,12H,9,11H2,1-8H3/b13-10+/t12-/m0/s1. The molecule has 22 heavy (non-hydrogen) atoms. The van der Waals surface area contributed by atoms with Gasteiger partial charge in [-0.25, -0.2) is 4.79 Å². The van der Waals surface area contributed by atoms with Gasteiger partial charge in [0.05, 0.1) is 13.2 Å². The molecule has 0 aromatic rings. The average Bonchev–Trinajstić information content (AvgIpc) is 2.66. The van der Waals surface area contributed by atoms with E-state index in [2.05, 4.69) is 33.9 Å². The molecule has 0 N–H and O–H groups in total. The van der Waals surface area contributed by atoms with Crippen molar-refractivity contribution in [3.63, 3.8) is 0 Å². The smallest absolute Gasteiger partial charge is 0.371 e. The van der Waals surface area contributed by atoms with E-state index in [1.165, 1.54) is 0 Å². The largest absolute Gasteiger partial charge is 0.539 e. The molecule has 1 heterocycles. The van der Waals surface area contributed by atoms with Crippen LogP contribution in [0.1, 0.15) is 41.5 Å². The van der Waals surface area contributed by atoms with E-state index in [-0.39, 0.29) is 16.9 Å². The van der Waals surface area contributed by atoms with Crippen LogP contribution in [0.25, 0.3) is 0 Å². The molecule has 5 nitrogen and oxygen atoms in total. The summed E-state index contributed by atoms with van der Waals surface area (Å²) in [5.41, 5.74) is 0. The van der Waals surface area contributed by atoms with Gasteiger partial charge in [-0.3, -0.25) is 0 Å². The highest BCUT2D eigenvalue weighted by Crippen LogP contribution is 2.38. The second kappa shape index (κ2) is 6.72. The molecule has 0 unspecified atom stereocenters. The van der Waals surface area contributed by atoms with Crippen LogP contribution in [0.2, 0.25) is 18.1 Å². The Hall–Kier alpha value is -0.853. The Kier molecular flexibility index (Phi) is 5.86. The van der Waals surface area contributed by atoms with E-state index in [4.69, 9.17) is 18.6 Å². The normalized spacial score (nSPS) is 22.5. The van der Waals surface area contributed by atoms with E-state index in [1.807, 2.05) is 13.8 Å². The van der Waals surface area contributed by atoms with Crippen LogP contribution in [-0.2, 0) is 23.4 Å². The molecule has 1 saturated heterocycles. The fourth-order valence-corrected chi connectivity index (χ4v) is 2.75. The lowest BCUT2D eigenvalue weighted by Crippen LogP contribution is -2.41. The molecule has 0 spiro atoms. The summed E-state index contributed by atoms with van der Waals surface area (Å²) in [7, 11) is -2.13. The third-order valence-corrected chi connectivity index (χ3v) is 8.36. The highest BCUT2D eigenvalue weighted by molar-refractivity contribution is 6.74. The van der Waals surface area contributed by atoms with Crippen LogP contribution in [0, 0.1) is 0 Å². The van der Waals surface area contributed by atoms with Crippen molar-refractivity contribution in [1.82, 2.24) is 0 Å². The molecular formula is C16H30O5Si. The molecule has 1 fully saturated rings. The number of rotatable bonds is 5. The van der Waals surface area contributed by atoms with Crippen molar-refractivity contribution < 1.29 is 23.4 Å². The summed E-state index contributed by atoms with van der Waals surface area (Å²) in [6.07, 6.45) is 1.38. The summed E-state index contributed by atoms with van der Waals surface area (Å²) in [4.78, 5) is 12.2. The molecule has 1 atom stereocenters. The Morgan fingerprint density at radius 3 is 2.36 bits per heavy atom. The molecule has 0 aromatic carbocycles. The zero-order valence-electron chi connectivity index (χ0n) is 15.1. The second-order valence-corrected chi connectivity index (χ2v) is 12.2. The molecule has 0 radical (unpaired) electrons. The predicted octanol–water partition coefficient (Wildman–Crippen LogP) is 3.61. The summed E-state index contributed by atoms with van der Waals surface area (Å²) in [5, 5.41) is -0.00904. The maximum Gasteiger partial charge on any atom is 0.371 e. The molecular weight excluding hydrogens is 300 g/mol. The van der Waals surface area contributed by atoms with Gasteiger partial charge >= 0.3 is 5.97 Å². The quantitative estimate of drug-likeness (QED) is 0.334. The third-order valence-electron chi connectivity index (χ3n) is 4.02. The minimum atomic E-state index is -2.13. The summed E-state index contributed by atoms with van der Waals surface area (Å²) in [6.45, 7) is 16.7. The lowest BCUT2D eigenvalue weighted by atomic mass is 10.2. The van der Waals surface area contributed by atoms with Crippen molar-refractivity contribution in [2.75, 3.05) is 13.2 Å². The topological polar surface area (TPSA) is 54.0 Å². The number of carbonyl (C=O) groups is 1. The Balaban J connectivity index is 2.97. The van der Waals surface area contributed by atoms with Crippen molar-refractivity contribution in [2.24, 2.45) is 0 Å². The van der Waals surface area contributed by atoms with Crippen LogP contribution in [0.4, 0.5) is 0 Å². The van der Waals surface area contributed by atoms with Crippen LogP contribution in [0.5, 0.6) is 0 Å². The minimum Gasteiger partial charge on any atom is -0.539 e. The van der Waals surface area contributed by atoms with Gasteiger partial charge in [-0.1, -0.05) is 20.8 Å². The fraction of sp³-hybridized carbons (Fsp3) is 0.812. The molecule has 1 rings (SSSR count). The Morgan fingerprint density at radius 1 is 1.36 bits per heavy atom. The van der Waals surface area contributed by atoms with Crippen LogP contribution in [0.15, 0.2) is 11.8 Å². The monoisotopic (exact) mass is 330 g/mol. The Morgan fingerprint density at radius 2 is 1.95 bits per heavy atom. The summed E-state index contributed by atoms with van der Waals surface area (Å²) >= 11 is 0. The van der Waals surface area contributed by atoms with Gasteiger partial charge in [0, 0.05) is 0 Å². The number of hydrogen-bond donors (Lipinski definition) is 0. The Bertz CT molecular complexity index is 434. The molecule has 0 bridgehead atoms. The second-order valence-electron chi connectivity index (χ2n) is 7.48. The van der Waals surface area contributed by atoms with Gasteiger partial charge < -0.3 is 18.6 Å². The summed E-state index contributed by atoms with van der Waals surface area (Å²) < 4.78 is 22.5. The number of carbonyl (C=O) groups excluding carboxylic acids is 1. The van der Waals surface area contributed by atoms with E-state index in [1.54, 1.807) is 13.0 Å². The van der Waals surface area contributed by atoms with E-state index in [0.29, 0.717) is 13.2 Å².